The van der Waals surface area contributed by atoms with Gasteiger partial charge in [0.05, 0.1) is 6.54 Å². The number of aromatic carboxylic acids is 1. The molecule has 0 fully saturated rings. The van der Waals surface area contributed by atoms with Crippen molar-refractivity contribution in [2.75, 3.05) is 0 Å². The predicted octanol–water partition coefficient (Wildman–Crippen LogP) is 2.35. The summed E-state index contributed by atoms with van der Waals surface area (Å²) in [5.74, 6) is -0.925. The molecule has 0 radical (unpaired) electrons. The molecule has 19 heavy (non-hydrogen) atoms. The van der Waals surface area contributed by atoms with Gasteiger partial charge in [0.15, 0.2) is 0 Å². The van der Waals surface area contributed by atoms with Gasteiger partial charge in [-0.25, -0.2) is 9.59 Å². The highest BCUT2D eigenvalue weighted by Crippen LogP contribution is 2.22. The number of hydrogen-bond donors (Lipinski definition) is 1. The van der Waals surface area contributed by atoms with E-state index in [4.69, 9.17) is 5.11 Å². The second kappa shape index (κ2) is 5.05. The third-order valence-corrected chi connectivity index (χ3v) is 4.08. The predicted molar refractivity (Wildman–Crippen MR) is 74.2 cm³/mol. The Morgan fingerprint density at radius 2 is 2.11 bits per heavy atom. The van der Waals surface area contributed by atoms with E-state index >= 15 is 0 Å². The van der Waals surface area contributed by atoms with E-state index in [1.165, 1.54) is 11.3 Å². The molecule has 0 aliphatic rings. The molecule has 2 aromatic rings. The molecule has 2 aromatic heterocycles. The van der Waals surface area contributed by atoms with Crippen molar-refractivity contribution >= 4 is 17.3 Å². The minimum Gasteiger partial charge on any atom is -0.477 e. The average molecular weight is 280 g/mol. The van der Waals surface area contributed by atoms with Crippen LogP contribution in [0.4, 0.5) is 0 Å². The van der Waals surface area contributed by atoms with Gasteiger partial charge in [-0.3, -0.25) is 9.13 Å². The second-order valence-corrected chi connectivity index (χ2v) is 5.96. The molecule has 0 saturated heterocycles. The molecule has 0 saturated carbocycles. The summed E-state index contributed by atoms with van der Waals surface area (Å²) in [7, 11) is 0. The van der Waals surface area contributed by atoms with E-state index in [1.54, 1.807) is 27.6 Å². The zero-order valence-corrected chi connectivity index (χ0v) is 11.9. The molecule has 6 heteroatoms. The fourth-order valence-electron chi connectivity index (χ4n) is 1.91. The number of thiophene rings is 1. The molecule has 1 N–H and O–H groups in total. The number of imidazole rings is 1. The fraction of sp³-hybridized carbons (Fsp3) is 0.385. The van der Waals surface area contributed by atoms with Crippen LogP contribution in [-0.4, -0.2) is 20.2 Å². The van der Waals surface area contributed by atoms with E-state index in [9.17, 15) is 9.59 Å². The number of carboxylic acids is 1. The topological polar surface area (TPSA) is 64.2 Å². The van der Waals surface area contributed by atoms with Crippen LogP contribution in [0.5, 0.6) is 0 Å². The Morgan fingerprint density at radius 1 is 1.42 bits per heavy atom. The Hall–Kier alpha value is -1.82. The largest absolute Gasteiger partial charge is 0.477 e. The first-order chi connectivity index (χ1) is 8.90. The summed E-state index contributed by atoms with van der Waals surface area (Å²) in [4.78, 5) is 24.2. The monoisotopic (exact) mass is 280 g/mol. The van der Waals surface area contributed by atoms with Gasteiger partial charge in [0.25, 0.3) is 0 Å². The first-order valence-electron chi connectivity index (χ1n) is 6.00. The first kappa shape index (κ1) is 13.6. The highest BCUT2D eigenvalue weighted by Gasteiger charge is 2.13. The summed E-state index contributed by atoms with van der Waals surface area (Å²) in [5.41, 5.74) is 0.809. The van der Waals surface area contributed by atoms with Gasteiger partial charge in [-0.1, -0.05) is 0 Å². The van der Waals surface area contributed by atoms with Crippen LogP contribution in [0.2, 0.25) is 0 Å². The molecule has 0 atom stereocenters. The van der Waals surface area contributed by atoms with Crippen LogP contribution in [-0.2, 0) is 6.54 Å². The third-order valence-electron chi connectivity index (χ3n) is 3.00. The standard InChI is InChI=1S/C13H16N2O3S/c1-8(2)15-5-4-14(13(15)18)7-10-6-11(12(16)17)19-9(10)3/h4-6,8H,7H2,1-3H3,(H,16,17). The number of carbonyl (C=O) groups is 1. The Morgan fingerprint density at radius 3 is 2.58 bits per heavy atom. The van der Waals surface area contributed by atoms with Crippen molar-refractivity contribution in [3.63, 3.8) is 0 Å². The molecular formula is C13H16N2O3S. The van der Waals surface area contributed by atoms with Crippen molar-refractivity contribution < 1.29 is 9.90 Å². The number of aromatic nitrogens is 2. The number of nitrogens with zero attached hydrogens (tertiary/aromatic N) is 2. The van der Waals surface area contributed by atoms with Crippen molar-refractivity contribution in [2.24, 2.45) is 0 Å². The molecule has 5 nitrogen and oxygen atoms in total. The zero-order chi connectivity index (χ0) is 14.2. The van der Waals surface area contributed by atoms with Crippen molar-refractivity contribution in [2.45, 2.75) is 33.4 Å². The Kier molecular flexibility index (Phi) is 3.61. The van der Waals surface area contributed by atoms with Gasteiger partial charge in [0.2, 0.25) is 0 Å². The minimum absolute atomic E-state index is 0.0718. The van der Waals surface area contributed by atoms with E-state index in [2.05, 4.69) is 0 Å². The van der Waals surface area contributed by atoms with Crippen LogP contribution in [0, 0.1) is 6.92 Å². The molecule has 0 amide bonds. The van der Waals surface area contributed by atoms with E-state index in [-0.39, 0.29) is 11.7 Å². The highest BCUT2D eigenvalue weighted by atomic mass is 32.1. The van der Waals surface area contributed by atoms with Crippen LogP contribution < -0.4 is 5.69 Å². The number of aryl methyl sites for hydroxylation is 1. The lowest BCUT2D eigenvalue weighted by Gasteiger charge is -2.04. The van der Waals surface area contributed by atoms with E-state index in [1.807, 2.05) is 20.8 Å². The van der Waals surface area contributed by atoms with E-state index in [0.29, 0.717) is 11.4 Å². The first-order valence-corrected chi connectivity index (χ1v) is 6.81. The molecule has 2 rings (SSSR count). The molecule has 0 spiro atoms. The van der Waals surface area contributed by atoms with Gasteiger partial charge < -0.3 is 5.11 Å². The molecule has 0 aliphatic carbocycles. The summed E-state index contributed by atoms with van der Waals surface area (Å²) in [5, 5.41) is 8.96. The molecule has 102 valence electrons. The molecule has 0 bridgehead atoms. The lowest BCUT2D eigenvalue weighted by molar-refractivity contribution is 0.0702. The molecule has 0 aliphatic heterocycles. The summed E-state index contributed by atoms with van der Waals surface area (Å²) in [6, 6.07) is 1.76. The van der Waals surface area contributed by atoms with Crippen LogP contribution in [0.25, 0.3) is 0 Å². The third kappa shape index (κ3) is 2.63. The molecule has 0 unspecified atom stereocenters. The summed E-state index contributed by atoms with van der Waals surface area (Å²) >= 11 is 1.24. The molecular weight excluding hydrogens is 264 g/mol. The number of rotatable bonds is 4. The van der Waals surface area contributed by atoms with Crippen LogP contribution >= 0.6 is 11.3 Å². The van der Waals surface area contributed by atoms with Gasteiger partial charge in [-0.2, -0.15) is 0 Å². The zero-order valence-electron chi connectivity index (χ0n) is 11.1. The lowest BCUT2D eigenvalue weighted by atomic mass is 10.2. The van der Waals surface area contributed by atoms with Crippen molar-refractivity contribution in [3.05, 3.63) is 44.3 Å². The maximum absolute atomic E-state index is 12.1. The van der Waals surface area contributed by atoms with Gasteiger partial charge in [-0.15, -0.1) is 11.3 Å². The van der Waals surface area contributed by atoms with Crippen molar-refractivity contribution in [1.82, 2.24) is 9.13 Å². The Labute approximate surface area is 114 Å². The van der Waals surface area contributed by atoms with E-state index in [0.717, 1.165) is 10.4 Å². The maximum atomic E-state index is 12.1. The summed E-state index contributed by atoms with van der Waals surface area (Å²) in [6.45, 7) is 6.18. The number of hydrogen-bond acceptors (Lipinski definition) is 3. The Balaban J connectivity index is 2.31. The average Bonchev–Trinajstić information content (AvgIpc) is 2.85. The van der Waals surface area contributed by atoms with Crippen LogP contribution in [0.15, 0.2) is 23.3 Å². The maximum Gasteiger partial charge on any atom is 0.345 e. The van der Waals surface area contributed by atoms with Crippen LogP contribution in [0.3, 0.4) is 0 Å². The SMILES string of the molecule is Cc1sc(C(=O)O)cc1Cn1ccn(C(C)C)c1=O. The van der Waals surface area contributed by atoms with Gasteiger partial charge >= 0.3 is 11.7 Å². The lowest BCUT2D eigenvalue weighted by Crippen LogP contribution is -2.25. The number of carboxylic acid groups (broad SMARTS) is 1. The molecule has 2 heterocycles. The smallest absolute Gasteiger partial charge is 0.345 e. The Bertz CT molecular complexity index is 664. The highest BCUT2D eigenvalue weighted by molar-refractivity contribution is 7.14. The van der Waals surface area contributed by atoms with Crippen molar-refractivity contribution in [1.29, 1.82) is 0 Å². The minimum atomic E-state index is -0.925. The molecule has 0 aromatic carbocycles. The van der Waals surface area contributed by atoms with Gasteiger partial charge in [-0.05, 0) is 32.4 Å². The summed E-state index contributed by atoms with van der Waals surface area (Å²) < 4.78 is 3.25. The fourth-order valence-corrected chi connectivity index (χ4v) is 2.78. The van der Waals surface area contributed by atoms with Gasteiger partial charge in [0.1, 0.15) is 4.88 Å². The second-order valence-electron chi connectivity index (χ2n) is 4.71. The van der Waals surface area contributed by atoms with Crippen LogP contribution in [0.1, 0.15) is 40.0 Å². The normalized spacial score (nSPS) is 11.2. The summed E-state index contributed by atoms with van der Waals surface area (Å²) in [6.07, 6.45) is 3.49. The van der Waals surface area contributed by atoms with E-state index < -0.39 is 5.97 Å². The quantitative estimate of drug-likeness (QED) is 0.935. The van der Waals surface area contributed by atoms with Gasteiger partial charge in [0, 0.05) is 23.3 Å². The van der Waals surface area contributed by atoms with Crippen molar-refractivity contribution in [3.8, 4) is 0 Å².